The van der Waals surface area contributed by atoms with Crippen molar-refractivity contribution >= 4 is 34.5 Å². The molecule has 2 aromatic heterocycles. The molecule has 0 unspecified atom stereocenters. The highest BCUT2D eigenvalue weighted by Gasteiger charge is 2.26. The summed E-state index contributed by atoms with van der Waals surface area (Å²) in [5, 5.41) is 2.97. The number of rotatable bonds is 2. The minimum Gasteiger partial charge on any atom is -0.288 e. The number of carbonyl (C=O) groups is 1. The number of carbonyl (C=O) groups excluding carboxylic acids is 1. The Bertz CT molecular complexity index is 845. The molecule has 108 valence electrons. The molecule has 0 spiro atoms. The van der Waals surface area contributed by atoms with Crippen LogP contribution in [0.1, 0.15) is 26.7 Å². The van der Waals surface area contributed by atoms with Crippen LogP contribution in [-0.4, -0.2) is 10.8 Å². The highest BCUT2D eigenvalue weighted by molar-refractivity contribution is 7.17. The minimum absolute atomic E-state index is 0.148. The molecule has 0 N–H and O–H groups in total. The van der Waals surface area contributed by atoms with Crippen LogP contribution in [0.15, 0.2) is 53.4 Å². The van der Waals surface area contributed by atoms with E-state index in [0.717, 1.165) is 44.4 Å². The Morgan fingerprint density at radius 2 is 1.91 bits per heavy atom. The molecule has 2 heterocycles. The average Bonchev–Trinajstić information content (AvgIpc) is 3.21. The molecule has 0 saturated carbocycles. The zero-order chi connectivity index (χ0) is 14.9. The van der Waals surface area contributed by atoms with Crippen LogP contribution < -0.4 is 0 Å². The van der Waals surface area contributed by atoms with Crippen LogP contribution >= 0.6 is 22.7 Å². The van der Waals surface area contributed by atoms with Crippen LogP contribution in [-0.2, 0) is 6.42 Å². The first kappa shape index (κ1) is 13.6. The largest absolute Gasteiger partial charge is 0.288 e. The smallest absolute Gasteiger partial charge is 0.200 e. The van der Waals surface area contributed by atoms with Gasteiger partial charge < -0.3 is 0 Å². The van der Waals surface area contributed by atoms with Crippen LogP contribution in [0.25, 0.3) is 16.6 Å². The van der Waals surface area contributed by atoms with E-state index in [1.54, 1.807) is 11.3 Å². The predicted molar refractivity (Wildman–Crippen MR) is 92.5 cm³/mol. The lowest BCUT2D eigenvalue weighted by molar-refractivity contribution is 0.103. The van der Waals surface area contributed by atoms with Gasteiger partial charge in [-0.05, 0) is 30.4 Å². The van der Waals surface area contributed by atoms with Gasteiger partial charge in [0.2, 0.25) is 5.78 Å². The van der Waals surface area contributed by atoms with Crippen molar-refractivity contribution in [3.05, 3.63) is 68.9 Å². The molecule has 1 aliphatic rings. The molecular weight excluding hydrogens is 310 g/mol. The molecule has 0 amide bonds. The predicted octanol–water partition coefficient (Wildman–Crippen LogP) is 5.08. The second kappa shape index (κ2) is 5.63. The Balaban J connectivity index is 1.71. The van der Waals surface area contributed by atoms with Gasteiger partial charge in [0.1, 0.15) is 5.01 Å². The molecule has 4 rings (SSSR count). The SMILES string of the molecule is O=C1C(=Cc2cccs2)CCc2nc(-c3ccccc3)sc21. The highest BCUT2D eigenvalue weighted by atomic mass is 32.1. The third-order valence-electron chi connectivity index (χ3n) is 3.71. The fraction of sp³-hybridized carbons (Fsp3) is 0.111. The van der Waals surface area contributed by atoms with Crippen LogP contribution in [0.4, 0.5) is 0 Å². The first-order chi connectivity index (χ1) is 10.8. The number of thiazole rings is 1. The summed E-state index contributed by atoms with van der Waals surface area (Å²) in [6, 6.07) is 14.1. The number of ketones is 1. The number of aryl methyl sites for hydroxylation is 1. The summed E-state index contributed by atoms with van der Waals surface area (Å²) in [5.74, 6) is 0.148. The summed E-state index contributed by atoms with van der Waals surface area (Å²) in [5.41, 5.74) is 2.94. The summed E-state index contributed by atoms with van der Waals surface area (Å²) >= 11 is 3.18. The Labute approximate surface area is 136 Å². The Kier molecular flexibility index (Phi) is 3.48. The Hall–Kier alpha value is -2.04. The zero-order valence-corrected chi connectivity index (χ0v) is 13.4. The quantitative estimate of drug-likeness (QED) is 0.615. The van der Waals surface area contributed by atoms with Gasteiger partial charge in [0.25, 0.3) is 0 Å². The van der Waals surface area contributed by atoms with Gasteiger partial charge in [-0.3, -0.25) is 4.79 Å². The van der Waals surface area contributed by atoms with Crippen molar-refractivity contribution in [2.24, 2.45) is 0 Å². The normalized spacial score (nSPS) is 16.0. The van der Waals surface area contributed by atoms with Gasteiger partial charge in [-0.2, -0.15) is 0 Å². The van der Waals surface area contributed by atoms with Crippen LogP contribution in [0.3, 0.4) is 0 Å². The molecule has 1 aromatic carbocycles. The van der Waals surface area contributed by atoms with Gasteiger partial charge in [0.15, 0.2) is 0 Å². The van der Waals surface area contributed by atoms with Crippen molar-refractivity contribution in [3.63, 3.8) is 0 Å². The van der Waals surface area contributed by atoms with E-state index in [4.69, 9.17) is 0 Å². The third kappa shape index (κ3) is 2.45. The molecule has 4 heteroatoms. The molecular formula is C18H13NOS2. The first-order valence-electron chi connectivity index (χ1n) is 7.15. The van der Waals surface area contributed by atoms with Gasteiger partial charge >= 0.3 is 0 Å². The molecule has 0 aliphatic heterocycles. The lowest BCUT2D eigenvalue weighted by atomic mass is 9.95. The topological polar surface area (TPSA) is 30.0 Å². The van der Waals surface area contributed by atoms with E-state index in [1.807, 2.05) is 53.9 Å². The van der Waals surface area contributed by atoms with Gasteiger partial charge in [-0.1, -0.05) is 36.4 Å². The Morgan fingerprint density at radius 1 is 1.05 bits per heavy atom. The number of hydrogen-bond acceptors (Lipinski definition) is 4. The van der Waals surface area contributed by atoms with Crippen molar-refractivity contribution in [2.45, 2.75) is 12.8 Å². The number of allylic oxidation sites excluding steroid dienone is 1. The number of aromatic nitrogens is 1. The second-order valence-corrected chi connectivity index (χ2v) is 7.15. The number of nitrogens with zero attached hydrogens (tertiary/aromatic N) is 1. The molecule has 0 fully saturated rings. The molecule has 0 saturated heterocycles. The third-order valence-corrected chi connectivity index (χ3v) is 5.67. The molecule has 2 nitrogen and oxygen atoms in total. The summed E-state index contributed by atoms with van der Waals surface area (Å²) in [6.45, 7) is 0. The maximum atomic E-state index is 12.7. The molecule has 0 atom stereocenters. The van der Waals surface area contributed by atoms with E-state index in [1.165, 1.54) is 11.3 Å². The van der Waals surface area contributed by atoms with Crippen LogP contribution in [0.2, 0.25) is 0 Å². The van der Waals surface area contributed by atoms with Gasteiger partial charge in [-0.15, -0.1) is 22.7 Å². The summed E-state index contributed by atoms with van der Waals surface area (Å²) in [4.78, 5) is 19.3. The van der Waals surface area contributed by atoms with E-state index in [-0.39, 0.29) is 5.78 Å². The summed E-state index contributed by atoms with van der Waals surface area (Å²) in [7, 11) is 0. The van der Waals surface area contributed by atoms with Crippen molar-refractivity contribution in [2.75, 3.05) is 0 Å². The lowest BCUT2D eigenvalue weighted by Crippen LogP contribution is -2.11. The van der Waals surface area contributed by atoms with E-state index >= 15 is 0 Å². The standard InChI is InChI=1S/C18H13NOS2/c20-16-13(11-14-7-4-10-21-14)8-9-15-17(16)22-18(19-15)12-5-2-1-3-6-12/h1-7,10-11H,8-9H2. The molecule has 0 radical (unpaired) electrons. The summed E-state index contributed by atoms with van der Waals surface area (Å²) in [6.07, 6.45) is 3.65. The molecule has 22 heavy (non-hydrogen) atoms. The molecule has 3 aromatic rings. The Morgan fingerprint density at radius 3 is 2.68 bits per heavy atom. The van der Waals surface area contributed by atoms with E-state index in [2.05, 4.69) is 4.98 Å². The van der Waals surface area contributed by atoms with Gasteiger partial charge in [-0.25, -0.2) is 4.98 Å². The maximum Gasteiger partial charge on any atom is 0.200 e. The number of thiophene rings is 1. The van der Waals surface area contributed by atoms with E-state index in [0.29, 0.717) is 0 Å². The van der Waals surface area contributed by atoms with Crippen molar-refractivity contribution < 1.29 is 4.79 Å². The van der Waals surface area contributed by atoms with Crippen LogP contribution in [0.5, 0.6) is 0 Å². The number of fused-ring (bicyclic) bond motifs is 1. The first-order valence-corrected chi connectivity index (χ1v) is 8.85. The second-order valence-electron chi connectivity index (χ2n) is 5.17. The van der Waals surface area contributed by atoms with Crippen LogP contribution in [0, 0.1) is 0 Å². The van der Waals surface area contributed by atoms with Gasteiger partial charge in [0.05, 0.1) is 10.6 Å². The molecule has 1 aliphatic carbocycles. The minimum atomic E-state index is 0.148. The lowest BCUT2D eigenvalue weighted by Gasteiger charge is -2.11. The molecule has 0 bridgehead atoms. The van der Waals surface area contributed by atoms with Crippen molar-refractivity contribution in [1.29, 1.82) is 0 Å². The average molecular weight is 323 g/mol. The summed E-state index contributed by atoms with van der Waals surface area (Å²) < 4.78 is 0. The van der Waals surface area contributed by atoms with E-state index < -0.39 is 0 Å². The van der Waals surface area contributed by atoms with E-state index in [9.17, 15) is 4.79 Å². The monoisotopic (exact) mass is 323 g/mol. The fourth-order valence-corrected chi connectivity index (χ4v) is 4.37. The van der Waals surface area contributed by atoms with Crippen molar-refractivity contribution in [1.82, 2.24) is 4.98 Å². The van der Waals surface area contributed by atoms with Gasteiger partial charge in [0, 0.05) is 16.0 Å². The number of hydrogen-bond donors (Lipinski definition) is 0. The van der Waals surface area contributed by atoms with Crippen molar-refractivity contribution in [3.8, 4) is 10.6 Å². The highest BCUT2D eigenvalue weighted by Crippen LogP contribution is 2.35. The fourth-order valence-electron chi connectivity index (χ4n) is 2.60. The number of benzene rings is 1. The maximum absolute atomic E-state index is 12.7. The number of Topliss-reactive ketones (excluding diaryl/α,β-unsaturated/α-hetero) is 1. The zero-order valence-electron chi connectivity index (χ0n) is 11.8.